The van der Waals surface area contributed by atoms with Crippen LogP contribution in [0, 0.1) is 0 Å². The van der Waals surface area contributed by atoms with Crippen LogP contribution in [0.3, 0.4) is 0 Å². The van der Waals surface area contributed by atoms with Gasteiger partial charge in [-0.15, -0.1) is 0 Å². The second-order valence-electron chi connectivity index (χ2n) is 4.30. The molecule has 0 radical (unpaired) electrons. The number of hydrogen-bond donors (Lipinski definition) is 1. The lowest BCUT2D eigenvalue weighted by molar-refractivity contribution is 0.787. The Morgan fingerprint density at radius 2 is 2.16 bits per heavy atom. The Labute approximate surface area is 115 Å². The van der Waals surface area contributed by atoms with Crippen LogP contribution in [0.15, 0.2) is 36.5 Å². The largest absolute Gasteiger partial charge is 0.399 e. The lowest BCUT2D eigenvalue weighted by atomic mass is 10.2. The van der Waals surface area contributed by atoms with Gasteiger partial charge in [-0.05, 0) is 37.3 Å². The maximum atomic E-state index is 6.06. The van der Waals surface area contributed by atoms with Gasteiger partial charge in [-0.2, -0.15) is 0 Å². The topological polar surface area (TPSA) is 56.7 Å². The van der Waals surface area contributed by atoms with Crippen LogP contribution in [0.5, 0.6) is 0 Å². The number of hydrogen-bond acceptors (Lipinski definition) is 3. The van der Waals surface area contributed by atoms with Crippen LogP contribution in [0.25, 0.3) is 22.6 Å². The van der Waals surface area contributed by atoms with Crippen molar-refractivity contribution in [3.05, 3.63) is 41.6 Å². The molecule has 3 aromatic rings. The summed E-state index contributed by atoms with van der Waals surface area (Å²) in [5.41, 5.74) is 9.13. The molecule has 19 heavy (non-hydrogen) atoms. The number of nitrogens with zero attached hydrogens (tertiary/aromatic N) is 3. The molecule has 3 rings (SSSR count). The average molecular weight is 273 g/mol. The molecule has 0 amide bonds. The van der Waals surface area contributed by atoms with Crippen LogP contribution in [-0.4, -0.2) is 14.5 Å². The number of imidazole rings is 1. The molecule has 0 bridgehead atoms. The number of benzene rings is 1. The van der Waals surface area contributed by atoms with Crippen molar-refractivity contribution >= 4 is 28.5 Å². The highest BCUT2D eigenvalue weighted by Crippen LogP contribution is 2.27. The van der Waals surface area contributed by atoms with E-state index in [0.717, 1.165) is 29.1 Å². The Balaban J connectivity index is 2.29. The minimum Gasteiger partial charge on any atom is -0.399 e. The van der Waals surface area contributed by atoms with Crippen molar-refractivity contribution < 1.29 is 0 Å². The van der Waals surface area contributed by atoms with E-state index < -0.39 is 0 Å². The van der Waals surface area contributed by atoms with Crippen LogP contribution in [0.4, 0.5) is 5.69 Å². The van der Waals surface area contributed by atoms with E-state index in [0.29, 0.717) is 10.7 Å². The lowest BCUT2D eigenvalue weighted by Gasteiger charge is -2.06. The van der Waals surface area contributed by atoms with E-state index in [1.807, 2.05) is 24.3 Å². The number of nitrogens with two attached hydrogens (primary N) is 1. The van der Waals surface area contributed by atoms with E-state index in [-0.39, 0.29) is 0 Å². The summed E-state index contributed by atoms with van der Waals surface area (Å²) in [6.07, 6.45) is 1.77. The fourth-order valence-electron chi connectivity index (χ4n) is 2.22. The molecule has 0 aliphatic rings. The average Bonchev–Trinajstić information content (AvgIpc) is 2.76. The fourth-order valence-corrected chi connectivity index (χ4v) is 2.46. The standard InChI is InChI=1S/C14H13ClN4/c1-2-19-13(9-6-10(15)8-11(16)7-9)18-12-4-3-5-17-14(12)19/h3-8H,2,16H2,1H3. The number of aromatic nitrogens is 3. The molecule has 0 aliphatic heterocycles. The Morgan fingerprint density at radius 3 is 2.89 bits per heavy atom. The van der Waals surface area contributed by atoms with Gasteiger partial charge in [-0.25, -0.2) is 9.97 Å². The van der Waals surface area contributed by atoms with Gasteiger partial charge in [-0.1, -0.05) is 11.6 Å². The third kappa shape index (κ3) is 2.04. The van der Waals surface area contributed by atoms with Crippen molar-refractivity contribution in [3.63, 3.8) is 0 Å². The minimum atomic E-state index is 0.609. The summed E-state index contributed by atoms with van der Waals surface area (Å²) in [7, 11) is 0. The fraction of sp³-hybridized carbons (Fsp3) is 0.143. The molecule has 0 saturated heterocycles. The molecule has 0 fully saturated rings. The molecule has 4 nitrogen and oxygen atoms in total. The number of pyridine rings is 1. The Kier molecular flexibility index (Phi) is 2.87. The molecule has 0 aliphatic carbocycles. The summed E-state index contributed by atoms with van der Waals surface area (Å²) >= 11 is 6.06. The van der Waals surface area contributed by atoms with Crippen molar-refractivity contribution in [2.45, 2.75) is 13.5 Å². The van der Waals surface area contributed by atoms with E-state index in [1.54, 1.807) is 12.3 Å². The zero-order chi connectivity index (χ0) is 13.4. The molecule has 0 atom stereocenters. The zero-order valence-corrected chi connectivity index (χ0v) is 11.2. The number of halogens is 1. The molecule has 2 aromatic heterocycles. The number of rotatable bonds is 2. The van der Waals surface area contributed by atoms with Crippen molar-refractivity contribution in [2.24, 2.45) is 0 Å². The molecular formula is C14H13ClN4. The predicted octanol–water partition coefficient (Wildman–Crippen LogP) is 3.35. The first-order valence-electron chi connectivity index (χ1n) is 6.06. The van der Waals surface area contributed by atoms with Crippen LogP contribution in [0.2, 0.25) is 5.02 Å². The second kappa shape index (κ2) is 4.55. The Morgan fingerprint density at radius 1 is 1.32 bits per heavy atom. The highest BCUT2D eigenvalue weighted by molar-refractivity contribution is 6.31. The first kappa shape index (κ1) is 12.0. The molecule has 0 saturated carbocycles. The molecular weight excluding hydrogens is 260 g/mol. The molecule has 5 heteroatoms. The monoisotopic (exact) mass is 272 g/mol. The molecule has 1 aromatic carbocycles. The third-order valence-electron chi connectivity index (χ3n) is 3.00. The minimum absolute atomic E-state index is 0.609. The summed E-state index contributed by atoms with van der Waals surface area (Å²) in [6, 6.07) is 9.30. The normalized spacial score (nSPS) is 11.1. The number of nitrogen functional groups attached to an aromatic ring is 1. The van der Waals surface area contributed by atoms with Gasteiger partial charge in [0.25, 0.3) is 0 Å². The zero-order valence-electron chi connectivity index (χ0n) is 10.5. The summed E-state index contributed by atoms with van der Waals surface area (Å²) in [4.78, 5) is 9.00. The van der Waals surface area contributed by atoms with Crippen LogP contribution >= 0.6 is 11.6 Å². The van der Waals surface area contributed by atoms with E-state index in [2.05, 4.69) is 21.5 Å². The maximum Gasteiger partial charge on any atom is 0.160 e. The van der Waals surface area contributed by atoms with Gasteiger partial charge in [-0.3, -0.25) is 0 Å². The number of anilines is 1. The molecule has 0 spiro atoms. The van der Waals surface area contributed by atoms with Crippen molar-refractivity contribution in [1.82, 2.24) is 14.5 Å². The highest BCUT2D eigenvalue weighted by Gasteiger charge is 2.12. The number of fused-ring (bicyclic) bond motifs is 1. The first-order chi connectivity index (χ1) is 9.19. The summed E-state index contributed by atoms with van der Waals surface area (Å²) in [5.74, 6) is 0.838. The molecule has 2 heterocycles. The Bertz CT molecular complexity index is 728. The quantitative estimate of drug-likeness (QED) is 0.728. The predicted molar refractivity (Wildman–Crippen MR) is 78.1 cm³/mol. The van der Waals surface area contributed by atoms with E-state index in [4.69, 9.17) is 17.3 Å². The number of aryl methyl sites for hydroxylation is 1. The summed E-state index contributed by atoms with van der Waals surface area (Å²) < 4.78 is 2.06. The van der Waals surface area contributed by atoms with Crippen molar-refractivity contribution in [1.29, 1.82) is 0 Å². The van der Waals surface area contributed by atoms with Gasteiger partial charge in [0.05, 0.1) is 0 Å². The van der Waals surface area contributed by atoms with Crippen LogP contribution in [0.1, 0.15) is 6.92 Å². The van der Waals surface area contributed by atoms with Gasteiger partial charge in [0.15, 0.2) is 5.65 Å². The molecule has 2 N–H and O–H groups in total. The van der Waals surface area contributed by atoms with Gasteiger partial charge in [0, 0.05) is 29.0 Å². The van der Waals surface area contributed by atoms with Gasteiger partial charge in [0.1, 0.15) is 11.3 Å². The summed E-state index contributed by atoms with van der Waals surface area (Å²) in [6.45, 7) is 2.85. The van der Waals surface area contributed by atoms with Crippen molar-refractivity contribution in [2.75, 3.05) is 5.73 Å². The highest BCUT2D eigenvalue weighted by atomic mass is 35.5. The smallest absolute Gasteiger partial charge is 0.160 e. The Hall–Kier alpha value is -2.07. The first-order valence-corrected chi connectivity index (χ1v) is 6.44. The maximum absolute atomic E-state index is 6.06. The van der Waals surface area contributed by atoms with E-state index in [1.165, 1.54) is 0 Å². The molecule has 0 unspecified atom stereocenters. The third-order valence-corrected chi connectivity index (χ3v) is 3.22. The molecule has 96 valence electrons. The van der Waals surface area contributed by atoms with Gasteiger partial charge >= 0.3 is 0 Å². The lowest BCUT2D eigenvalue weighted by Crippen LogP contribution is -1.99. The summed E-state index contributed by atoms with van der Waals surface area (Å²) in [5, 5.41) is 0.609. The van der Waals surface area contributed by atoms with E-state index in [9.17, 15) is 0 Å². The SMILES string of the molecule is CCn1c(-c2cc(N)cc(Cl)c2)nc2cccnc21. The van der Waals surface area contributed by atoms with Crippen LogP contribution in [-0.2, 0) is 6.54 Å². The van der Waals surface area contributed by atoms with E-state index >= 15 is 0 Å². The van der Waals surface area contributed by atoms with Gasteiger partial charge < -0.3 is 10.3 Å². The van der Waals surface area contributed by atoms with Crippen LogP contribution < -0.4 is 5.73 Å². The second-order valence-corrected chi connectivity index (χ2v) is 4.74. The van der Waals surface area contributed by atoms with Gasteiger partial charge in [0.2, 0.25) is 0 Å². The van der Waals surface area contributed by atoms with Crippen molar-refractivity contribution in [3.8, 4) is 11.4 Å².